The molecule has 0 amide bonds. The third-order valence-electron chi connectivity index (χ3n) is 4.35. The first-order chi connectivity index (χ1) is 11.7. The average molecular weight is 376 g/mol. The Kier molecular flexibility index (Phi) is 5.45. The maximum atomic E-state index is 5.51. The summed E-state index contributed by atoms with van der Waals surface area (Å²) in [7, 11) is 0. The molecule has 0 radical (unpaired) electrons. The van der Waals surface area contributed by atoms with E-state index in [0.29, 0.717) is 6.61 Å². The summed E-state index contributed by atoms with van der Waals surface area (Å²) in [5.41, 5.74) is 2.48. The molecule has 1 aliphatic carbocycles. The second-order valence-electron chi connectivity index (χ2n) is 6.09. The number of aromatic nitrogens is 2. The number of thiophene rings is 1. The van der Waals surface area contributed by atoms with Gasteiger partial charge in [0.15, 0.2) is 0 Å². The zero-order valence-corrected chi connectivity index (χ0v) is 16.1. The molecule has 1 N–H and O–H groups in total. The Bertz CT molecular complexity index is 877. The lowest BCUT2D eigenvalue weighted by Crippen LogP contribution is -2.02. The summed E-state index contributed by atoms with van der Waals surface area (Å²) in [5.74, 6) is 2.63. The van der Waals surface area contributed by atoms with E-state index in [1.54, 1.807) is 0 Å². The second-order valence-corrected chi connectivity index (χ2v) is 7.18. The number of fused-ring (bicyclic) bond motifs is 3. The maximum absolute atomic E-state index is 5.51. The van der Waals surface area contributed by atoms with Gasteiger partial charge in [0.25, 0.3) is 0 Å². The number of benzene rings is 1. The summed E-state index contributed by atoms with van der Waals surface area (Å²) in [5, 5.41) is 4.71. The molecule has 1 aromatic carbocycles. The van der Waals surface area contributed by atoms with Gasteiger partial charge in [0.1, 0.15) is 22.2 Å². The van der Waals surface area contributed by atoms with Crippen LogP contribution in [0.15, 0.2) is 24.3 Å². The van der Waals surface area contributed by atoms with Crippen LogP contribution in [0, 0.1) is 6.92 Å². The van der Waals surface area contributed by atoms with Gasteiger partial charge < -0.3 is 10.1 Å². The molecule has 0 saturated heterocycles. The van der Waals surface area contributed by atoms with Gasteiger partial charge in [0, 0.05) is 10.6 Å². The van der Waals surface area contributed by atoms with E-state index in [4.69, 9.17) is 4.74 Å². The smallest absolute Gasteiger partial charge is 0.143 e. The maximum Gasteiger partial charge on any atom is 0.143 e. The van der Waals surface area contributed by atoms with E-state index in [-0.39, 0.29) is 12.4 Å². The minimum atomic E-state index is 0. The van der Waals surface area contributed by atoms with Crippen LogP contribution in [0.5, 0.6) is 5.75 Å². The highest BCUT2D eigenvalue weighted by atomic mass is 35.5. The Balaban J connectivity index is 0.00000182. The van der Waals surface area contributed by atoms with Crippen LogP contribution in [-0.4, -0.2) is 16.6 Å². The zero-order valence-electron chi connectivity index (χ0n) is 14.5. The quantitative estimate of drug-likeness (QED) is 0.659. The molecule has 0 spiro atoms. The summed E-state index contributed by atoms with van der Waals surface area (Å²) >= 11 is 1.84. The van der Waals surface area contributed by atoms with Gasteiger partial charge >= 0.3 is 0 Å². The number of nitrogens with zero attached hydrogens (tertiary/aromatic N) is 2. The number of aryl methyl sites for hydroxylation is 3. The molecule has 4 nitrogen and oxygen atoms in total. The first-order valence-electron chi connectivity index (χ1n) is 8.53. The molecule has 132 valence electrons. The summed E-state index contributed by atoms with van der Waals surface area (Å²) in [6.45, 7) is 4.63. The average Bonchev–Trinajstić information content (AvgIpc) is 2.95. The first-order valence-corrected chi connectivity index (χ1v) is 9.35. The number of halogens is 1. The largest absolute Gasteiger partial charge is 0.494 e. The van der Waals surface area contributed by atoms with E-state index < -0.39 is 0 Å². The Morgan fingerprint density at radius 2 is 1.88 bits per heavy atom. The van der Waals surface area contributed by atoms with Crippen molar-refractivity contribution in [2.24, 2.45) is 0 Å². The highest BCUT2D eigenvalue weighted by molar-refractivity contribution is 7.19. The number of nitrogens with one attached hydrogen (secondary N) is 1. The lowest BCUT2D eigenvalue weighted by Gasteiger charge is -2.13. The number of hydrogen-bond acceptors (Lipinski definition) is 5. The van der Waals surface area contributed by atoms with Crippen LogP contribution < -0.4 is 10.1 Å². The minimum Gasteiger partial charge on any atom is -0.494 e. The molecule has 0 bridgehead atoms. The molecular formula is C19H22ClN3OS. The molecular weight excluding hydrogens is 354 g/mol. The van der Waals surface area contributed by atoms with Gasteiger partial charge in [-0.25, -0.2) is 9.97 Å². The van der Waals surface area contributed by atoms with Crippen molar-refractivity contribution in [2.75, 3.05) is 11.9 Å². The van der Waals surface area contributed by atoms with Crippen LogP contribution in [0.1, 0.15) is 36.0 Å². The summed E-state index contributed by atoms with van der Waals surface area (Å²) in [4.78, 5) is 12.0. The Hall–Kier alpha value is -1.85. The van der Waals surface area contributed by atoms with Gasteiger partial charge in [-0.2, -0.15) is 0 Å². The van der Waals surface area contributed by atoms with Gasteiger partial charge in [-0.1, -0.05) is 0 Å². The fourth-order valence-corrected chi connectivity index (χ4v) is 4.60. The Labute approximate surface area is 158 Å². The monoisotopic (exact) mass is 375 g/mol. The topological polar surface area (TPSA) is 47.0 Å². The fraction of sp³-hybridized carbons (Fsp3) is 0.368. The molecule has 0 saturated carbocycles. The van der Waals surface area contributed by atoms with Crippen molar-refractivity contribution < 1.29 is 4.74 Å². The van der Waals surface area contributed by atoms with Crippen LogP contribution in [0.3, 0.4) is 0 Å². The summed E-state index contributed by atoms with van der Waals surface area (Å²) in [6, 6.07) is 8.04. The van der Waals surface area contributed by atoms with Crippen LogP contribution in [0.2, 0.25) is 0 Å². The predicted molar refractivity (Wildman–Crippen MR) is 107 cm³/mol. The third kappa shape index (κ3) is 3.58. The highest BCUT2D eigenvalue weighted by Crippen LogP contribution is 2.39. The summed E-state index contributed by atoms with van der Waals surface area (Å²) < 4.78 is 5.51. The number of rotatable bonds is 4. The van der Waals surface area contributed by atoms with Crippen LogP contribution in [0.4, 0.5) is 11.5 Å². The number of anilines is 2. The van der Waals surface area contributed by atoms with E-state index in [0.717, 1.165) is 34.3 Å². The lowest BCUT2D eigenvalue weighted by atomic mass is 9.97. The summed E-state index contributed by atoms with van der Waals surface area (Å²) in [6.07, 6.45) is 4.86. The predicted octanol–water partition coefficient (Wildman–Crippen LogP) is 5.44. The van der Waals surface area contributed by atoms with E-state index in [1.807, 2.05) is 49.4 Å². The van der Waals surface area contributed by atoms with E-state index in [1.165, 1.54) is 35.1 Å². The van der Waals surface area contributed by atoms with Crippen molar-refractivity contribution in [2.45, 2.75) is 39.5 Å². The molecule has 0 unspecified atom stereocenters. The van der Waals surface area contributed by atoms with E-state index >= 15 is 0 Å². The van der Waals surface area contributed by atoms with Crippen molar-refractivity contribution in [3.8, 4) is 5.75 Å². The minimum absolute atomic E-state index is 0. The molecule has 2 aromatic heterocycles. The molecule has 0 fully saturated rings. The van der Waals surface area contributed by atoms with Crippen molar-refractivity contribution in [3.63, 3.8) is 0 Å². The molecule has 3 aromatic rings. The van der Waals surface area contributed by atoms with Crippen LogP contribution in [-0.2, 0) is 12.8 Å². The molecule has 2 heterocycles. The highest BCUT2D eigenvalue weighted by Gasteiger charge is 2.20. The Morgan fingerprint density at radius 1 is 1.12 bits per heavy atom. The first kappa shape index (κ1) is 18.0. The zero-order chi connectivity index (χ0) is 16.5. The van der Waals surface area contributed by atoms with Crippen molar-refractivity contribution in [1.29, 1.82) is 0 Å². The number of hydrogen-bond donors (Lipinski definition) is 1. The fourth-order valence-electron chi connectivity index (χ4n) is 3.29. The van der Waals surface area contributed by atoms with Crippen LogP contribution in [0.25, 0.3) is 10.2 Å². The van der Waals surface area contributed by atoms with Crippen molar-refractivity contribution in [1.82, 2.24) is 9.97 Å². The van der Waals surface area contributed by atoms with Gasteiger partial charge in [0.2, 0.25) is 0 Å². The Morgan fingerprint density at radius 3 is 2.64 bits per heavy atom. The molecule has 1 aliphatic rings. The normalized spacial score (nSPS) is 13.2. The second kappa shape index (κ2) is 7.58. The molecule has 4 rings (SSSR count). The van der Waals surface area contributed by atoms with E-state index in [9.17, 15) is 0 Å². The van der Waals surface area contributed by atoms with Crippen molar-refractivity contribution >= 4 is 45.5 Å². The molecule has 0 atom stereocenters. The molecule has 6 heteroatoms. The van der Waals surface area contributed by atoms with Crippen molar-refractivity contribution in [3.05, 3.63) is 40.5 Å². The van der Waals surface area contributed by atoms with Crippen LogP contribution >= 0.6 is 23.7 Å². The van der Waals surface area contributed by atoms with E-state index in [2.05, 4.69) is 15.3 Å². The number of ether oxygens (including phenoxy) is 1. The SMILES string of the molecule is CCOc1ccc(Nc2nc(C)nc3sc4c(c23)CCCC4)cc1.Cl. The van der Waals surface area contributed by atoms with Gasteiger partial charge in [-0.3, -0.25) is 0 Å². The van der Waals surface area contributed by atoms with Gasteiger partial charge in [0.05, 0.1) is 12.0 Å². The van der Waals surface area contributed by atoms with Gasteiger partial charge in [-0.05, 0) is 69.4 Å². The lowest BCUT2D eigenvalue weighted by molar-refractivity contribution is 0.340. The van der Waals surface area contributed by atoms with Gasteiger partial charge in [-0.15, -0.1) is 23.7 Å². The molecule has 0 aliphatic heterocycles. The molecule has 25 heavy (non-hydrogen) atoms. The third-order valence-corrected chi connectivity index (χ3v) is 5.54. The standard InChI is InChI=1S/C19H21N3OS.ClH/c1-3-23-14-10-8-13(9-11-14)22-18-17-15-6-4-5-7-16(15)24-19(17)21-12(2)20-18;/h8-11H,3-7H2,1-2H3,(H,20,21,22);1H.